The smallest absolute Gasteiger partial charge is 0.251 e. The minimum atomic E-state index is -0.790. The lowest BCUT2D eigenvalue weighted by atomic mass is 9.94. The molecule has 1 aromatic carbocycles. The Hall–Kier alpha value is -1.62. The lowest BCUT2D eigenvalue weighted by Gasteiger charge is -2.33. The van der Waals surface area contributed by atoms with Crippen LogP contribution < -0.4 is 15.5 Å². The third kappa shape index (κ3) is 4.26. The number of nitrogens with one attached hydrogen (secondary N) is 2. The average molecular weight is 333 g/mol. The molecule has 0 aromatic heterocycles. The molecule has 2 N–H and O–H groups in total. The van der Waals surface area contributed by atoms with Gasteiger partial charge in [0.1, 0.15) is 6.17 Å². The monoisotopic (exact) mass is 333 g/mol. The summed E-state index contributed by atoms with van der Waals surface area (Å²) in [6.45, 7) is 0.867. The lowest BCUT2D eigenvalue weighted by Crippen LogP contribution is -2.37. The summed E-state index contributed by atoms with van der Waals surface area (Å²) in [6.07, 6.45) is 6.16. The van der Waals surface area contributed by atoms with Crippen LogP contribution in [0.1, 0.15) is 48.9 Å². The van der Waals surface area contributed by atoms with Crippen molar-refractivity contribution in [2.75, 3.05) is 25.0 Å². The molecule has 5 heteroatoms. The van der Waals surface area contributed by atoms with Gasteiger partial charge in [-0.1, -0.05) is 19.3 Å². The zero-order valence-corrected chi connectivity index (χ0v) is 14.4. The summed E-state index contributed by atoms with van der Waals surface area (Å²) >= 11 is 0. The van der Waals surface area contributed by atoms with Gasteiger partial charge in [-0.2, -0.15) is 0 Å². The minimum absolute atomic E-state index is 0.0423. The van der Waals surface area contributed by atoms with Crippen LogP contribution in [-0.4, -0.2) is 44.3 Å². The Labute approximate surface area is 143 Å². The summed E-state index contributed by atoms with van der Waals surface area (Å²) in [5, 5.41) is 5.97. The van der Waals surface area contributed by atoms with Crippen molar-refractivity contribution in [3.05, 3.63) is 29.8 Å². The van der Waals surface area contributed by atoms with Gasteiger partial charge in [0.2, 0.25) is 0 Å². The van der Waals surface area contributed by atoms with E-state index in [1.54, 1.807) is 0 Å². The molecule has 1 heterocycles. The first kappa shape index (κ1) is 17.2. The van der Waals surface area contributed by atoms with Crippen LogP contribution in [-0.2, 0) is 0 Å². The van der Waals surface area contributed by atoms with Gasteiger partial charge in [0.05, 0.1) is 0 Å². The number of halogens is 1. The molecule has 0 radical (unpaired) electrons. The zero-order valence-electron chi connectivity index (χ0n) is 14.4. The van der Waals surface area contributed by atoms with Crippen LogP contribution in [0.15, 0.2) is 24.3 Å². The van der Waals surface area contributed by atoms with Gasteiger partial charge >= 0.3 is 0 Å². The quantitative estimate of drug-likeness (QED) is 0.871. The number of anilines is 1. The Kier molecular flexibility index (Phi) is 5.72. The first-order chi connectivity index (χ1) is 11.6. The molecule has 2 aliphatic rings. The van der Waals surface area contributed by atoms with Crippen molar-refractivity contribution in [3.8, 4) is 0 Å². The van der Waals surface area contributed by atoms with E-state index in [9.17, 15) is 9.18 Å². The molecule has 4 nitrogen and oxygen atoms in total. The Morgan fingerprint density at radius 3 is 2.58 bits per heavy atom. The van der Waals surface area contributed by atoms with Crippen LogP contribution in [0.5, 0.6) is 0 Å². The molecule has 24 heavy (non-hydrogen) atoms. The number of alkyl halides is 1. The van der Waals surface area contributed by atoms with Gasteiger partial charge in [-0.3, -0.25) is 4.79 Å². The predicted octanol–water partition coefficient (Wildman–Crippen LogP) is 2.89. The first-order valence-corrected chi connectivity index (χ1v) is 9.12. The molecule has 1 aromatic rings. The molecule has 3 rings (SSSR count). The van der Waals surface area contributed by atoms with Crippen molar-refractivity contribution in [2.45, 2.75) is 56.8 Å². The fraction of sp³-hybridized carbons (Fsp3) is 0.632. The predicted molar refractivity (Wildman–Crippen MR) is 95.4 cm³/mol. The summed E-state index contributed by atoms with van der Waals surface area (Å²) in [4.78, 5) is 14.6. The standard InChI is InChI=1S/C19H28FN3O/c1-23(17-5-3-2-4-6-17)18-9-7-14(8-10-18)19(24)22-13-16-11-15(20)12-21-16/h7-10,15-17,21H,2-6,11-13H2,1H3,(H,22,24)/t15-,16-/m0/s1. The number of rotatable bonds is 5. The second-order valence-corrected chi connectivity index (χ2v) is 7.10. The molecule has 2 atom stereocenters. The molecule has 0 spiro atoms. The van der Waals surface area contributed by atoms with E-state index in [-0.39, 0.29) is 11.9 Å². The molecule has 1 aliphatic heterocycles. The zero-order chi connectivity index (χ0) is 16.9. The van der Waals surface area contributed by atoms with E-state index >= 15 is 0 Å². The van der Waals surface area contributed by atoms with E-state index in [0.29, 0.717) is 31.1 Å². The van der Waals surface area contributed by atoms with Crippen molar-refractivity contribution in [3.63, 3.8) is 0 Å². The summed E-state index contributed by atoms with van der Waals surface area (Å²) in [5.74, 6) is -0.0917. The highest BCUT2D eigenvalue weighted by Gasteiger charge is 2.24. The average Bonchev–Trinajstić information content (AvgIpc) is 3.05. The highest BCUT2D eigenvalue weighted by Crippen LogP contribution is 2.26. The second-order valence-electron chi connectivity index (χ2n) is 7.10. The molecular formula is C19H28FN3O. The van der Waals surface area contributed by atoms with Crippen LogP contribution in [0.4, 0.5) is 10.1 Å². The molecule has 1 saturated heterocycles. The van der Waals surface area contributed by atoms with Gasteiger partial charge in [-0.15, -0.1) is 0 Å². The van der Waals surface area contributed by atoms with Gasteiger partial charge in [0.25, 0.3) is 5.91 Å². The number of carbonyl (C=O) groups is 1. The van der Waals surface area contributed by atoms with Crippen LogP contribution in [0.2, 0.25) is 0 Å². The second kappa shape index (κ2) is 7.97. The topological polar surface area (TPSA) is 44.4 Å². The van der Waals surface area contributed by atoms with Crippen molar-refractivity contribution in [2.24, 2.45) is 0 Å². The number of benzene rings is 1. The van der Waals surface area contributed by atoms with Crippen molar-refractivity contribution in [1.29, 1.82) is 0 Å². The number of hydrogen-bond acceptors (Lipinski definition) is 3. The molecule has 1 saturated carbocycles. The fourth-order valence-electron chi connectivity index (χ4n) is 3.77. The van der Waals surface area contributed by atoms with E-state index in [4.69, 9.17) is 0 Å². The van der Waals surface area contributed by atoms with Crippen LogP contribution in [0.3, 0.4) is 0 Å². The fourth-order valence-corrected chi connectivity index (χ4v) is 3.77. The van der Waals surface area contributed by atoms with Crippen molar-refractivity contribution >= 4 is 11.6 Å². The molecule has 0 unspecified atom stereocenters. The summed E-state index contributed by atoms with van der Waals surface area (Å²) in [6, 6.07) is 8.46. The molecular weight excluding hydrogens is 305 g/mol. The van der Waals surface area contributed by atoms with Gasteiger partial charge < -0.3 is 15.5 Å². The van der Waals surface area contributed by atoms with Gasteiger partial charge in [-0.05, 0) is 43.5 Å². The highest BCUT2D eigenvalue weighted by molar-refractivity contribution is 5.94. The highest BCUT2D eigenvalue weighted by atomic mass is 19.1. The Morgan fingerprint density at radius 2 is 1.96 bits per heavy atom. The lowest BCUT2D eigenvalue weighted by molar-refractivity contribution is 0.0950. The Morgan fingerprint density at radius 1 is 1.25 bits per heavy atom. The summed E-state index contributed by atoms with van der Waals surface area (Å²) in [5.41, 5.74) is 1.82. The maximum atomic E-state index is 13.1. The minimum Gasteiger partial charge on any atom is -0.372 e. The van der Waals surface area contributed by atoms with E-state index in [1.807, 2.05) is 24.3 Å². The molecule has 1 amide bonds. The van der Waals surface area contributed by atoms with Crippen molar-refractivity contribution < 1.29 is 9.18 Å². The number of nitrogens with zero attached hydrogens (tertiary/aromatic N) is 1. The summed E-state index contributed by atoms with van der Waals surface area (Å²) in [7, 11) is 2.14. The molecule has 2 fully saturated rings. The van der Waals surface area contributed by atoms with Crippen LogP contribution in [0, 0.1) is 0 Å². The van der Waals surface area contributed by atoms with E-state index in [0.717, 1.165) is 5.69 Å². The van der Waals surface area contributed by atoms with E-state index < -0.39 is 6.17 Å². The molecule has 132 valence electrons. The number of carbonyl (C=O) groups excluding carboxylic acids is 1. The number of amides is 1. The van der Waals surface area contributed by atoms with E-state index in [2.05, 4.69) is 22.6 Å². The maximum Gasteiger partial charge on any atom is 0.251 e. The van der Waals surface area contributed by atoms with Gasteiger partial charge in [0.15, 0.2) is 0 Å². The molecule has 1 aliphatic carbocycles. The first-order valence-electron chi connectivity index (χ1n) is 9.12. The third-order valence-electron chi connectivity index (χ3n) is 5.34. The SMILES string of the molecule is CN(c1ccc(C(=O)NC[C@@H]2C[C@H](F)CN2)cc1)C1CCCCC1. The third-order valence-corrected chi connectivity index (χ3v) is 5.34. The Balaban J connectivity index is 1.52. The van der Waals surface area contributed by atoms with Crippen molar-refractivity contribution in [1.82, 2.24) is 10.6 Å². The Bertz CT molecular complexity index is 542. The maximum absolute atomic E-state index is 13.1. The largest absolute Gasteiger partial charge is 0.372 e. The normalized spacial score (nSPS) is 24.8. The van der Waals surface area contributed by atoms with Gasteiger partial charge in [-0.25, -0.2) is 4.39 Å². The number of hydrogen-bond donors (Lipinski definition) is 2. The van der Waals surface area contributed by atoms with Crippen LogP contribution >= 0.6 is 0 Å². The summed E-state index contributed by atoms with van der Waals surface area (Å²) < 4.78 is 13.1. The van der Waals surface area contributed by atoms with Crippen LogP contribution in [0.25, 0.3) is 0 Å². The molecule has 0 bridgehead atoms. The van der Waals surface area contributed by atoms with Gasteiger partial charge in [0, 0.05) is 43.5 Å². The van der Waals surface area contributed by atoms with E-state index in [1.165, 1.54) is 32.1 Å².